The summed E-state index contributed by atoms with van der Waals surface area (Å²) in [6, 6.07) is 26.0. The van der Waals surface area contributed by atoms with Gasteiger partial charge in [0.2, 0.25) is 0 Å². The highest BCUT2D eigenvalue weighted by molar-refractivity contribution is 7.92. The Bertz CT molecular complexity index is 1270. The topological polar surface area (TPSA) is 49.9 Å². The highest BCUT2D eigenvalue weighted by Crippen LogP contribution is 2.39. The molecule has 2 fully saturated rings. The summed E-state index contributed by atoms with van der Waals surface area (Å²) in [6.07, 6.45) is 6.65. The molecule has 1 aliphatic carbocycles. The summed E-state index contributed by atoms with van der Waals surface area (Å²) in [7, 11) is -2.15. The third-order valence-corrected chi connectivity index (χ3v) is 10.1. The van der Waals surface area contributed by atoms with Gasteiger partial charge in [-0.2, -0.15) is 0 Å². The van der Waals surface area contributed by atoms with E-state index in [2.05, 4.69) is 35.2 Å². The molecule has 1 saturated carbocycles. The van der Waals surface area contributed by atoms with Crippen LogP contribution in [0.15, 0.2) is 83.8 Å². The summed E-state index contributed by atoms with van der Waals surface area (Å²) in [6.45, 7) is 3.83. The normalized spacial score (nSPS) is 21.5. The summed E-state index contributed by atoms with van der Waals surface area (Å²) >= 11 is 0. The minimum Gasteiger partial charge on any atom is -0.497 e. The van der Waals surface area contributed by atoms with Gasteiger partial charge in [-0.1, -0.05) is 61.4 Å². The van der Waals surface area contributed by atoms with Crippen molar-refractivity contribution in [3.05, 3.63) is 90.0 Å². The summed E-state index contributed by atoms with van der Waals surface area (Å²) in [5, 5.41) is 0. The second-order valence-corrected chi connectivity index (χ2v) is 12.2. The highest BCUT2D eigenvalue weighted by Gasteiger charge is 2.38. The van der Waals surface area contributed by atoms with Crippen LogP contribution < -0.4 is 9.04 Å². The maximum atomic E-state index is 14.1. The van der Waals surface area contributed by atoms with Gasteiger partial charge in [0.1, 0.15) is 5.75 Å². The van der Waals surface area contributed by atoms with Crippen LogP contribution in [0.1, 0.15) is 55.6 Å². The molecule has 1 saturated heterocycles. The molecule has 0 N–H and O–H groups in total. The van der Waals surface area contributed by atoms with E-state index in [1.54, 1.807) is 35.7 Å². The van der Waals surface area contributed by atoms with Crippen molar-refractivity contribution >= 4 is 15.7 Å². The fourth-order valence-electron chi connectivity index (χ4n) is 6.28. The van der Waals surface area contributed by atoms with E-state index in [-0.39, 0.29) is 6.04 Å². The molecule has 0 radical (unpaired) electrons. The lowest BCUT2D eigenvalue weighted by molar-refractivity contribution is 0.107. The average Bonchev–Trinajstić information content (AvgIpc) is 2.95. The number of hydrogen-bond acceptors (Lipinski definition) is 4. The van der Waals surface area contributed by atoms with Crippen LogP contribution in [0, 0.1) is 6.92 Å². The first kappa shape index (κ1) is 25.8. The van der Waals surface area contributed by atoms with Crippen molar-refractivity contribution < 1.29 is 13.2 Å². The van der Waals surface area contributed by atoms with Gasteiger partial charge < -0.3 is 4.74 Å². The molecule has 0 aromatic heterocycles. The first-order valence-corrected chi connectivity index (χ1v) is 15.0. The fourth-order valence-corrected chi connectivity index (χ4v) is 8.06. The van der Waals surface area contributed by atoms with Crippen LogP contribution >= 0.6 is 0 Å². The molecule has 3 aromatic rings. The van der Waals surface area contributed by atoms with Crippen LogP contribution in [-0.4, -0.2) is 45.6 Å². The smallest absolute Gasteiger partial charge is 0.264 e. The molecule has 37 heavy (non-hydrogen) atoms. The van der Waals surface area contributed by atoms with Crippen LogP contribution in [0.3, 0.4) is 0 Å². The third-order valence-electron chi connectivity index (χ3n) is 8.23. The molecule has 5 rings (SSSR count). The van der Waals surface area contributed by atoms with Crippen molar-refractivity contribution in [2.45, 2.75) is 68.3 Å². The number of benzene rings is 3. The second-order valence-electron chi connectivity index (χ2n) is 10.4. The number of piperidine rings is 1. The largest absolute Gasteiger partial charge is 0.497 e. The van der Waals surface area contributed by atoms with Crippen LogP contribution in [0.4, 0.5) is 5.69 Å². The summed E-state index contributed by atoms with van der Waals surface area (Å²) < 4.78 is 35.1. The number of ether oxygens (including phenoxy) is 1. The Morgan fingerprint density at radius 3 is 2.14 bits per heavy atom. The van der Waals surface area contributed by atoms with E-state index in [9.17, 15) is 8.42 Å². The van der Waals surface area contributed by atoms with E-state index in [0.717, 1.165) is 37.2 Å². The number of anilines is 1. The summed E-state index contributed by atoms with van der Waals surface area (Å²) in [5.74, 6) is 1.21. The van der Waals surface area contributed by atoms with Gasteiger partial charge in [0.25, 0.3) is 10.0 Å². The molecule has 0 spiro atoms. The van der Waals surface area contributed by atoms with E-state index < -0.39 is 10.0 Å². The zero-order chi connectivity index (χ0) is 25.8. The molecule has 2 atom stereocenters. The molecule has 5 nitrogen and oxygen atoms in total. The van der Waals surface area contributed by atoms with Crippen molar-refractivity contribution in [2.24, 2.45) is 0 Å². The Morgan fingerprint density at radius 1 is 0.811 bits per heavy atom. The number of rotatable bonds is 7. The predicted octanol–water partition coefficient (Wildman–Crippen LogP) is 6.39. The Morgan fingerprint density at radius 2 is 1.46 bits per heavy atom. The van der Waals surface area contributed by atoms with Crippen LogP contribution in [0.25, 0.3) is 0 Å². The van der Waals surface area contributed by atoms with Gasteiger partial charge in [0, 0.05) is 25.2 Å². The Hall–Kier alpha value is -2.83. The Kier molecular flexibility index (Phi) is 7.87. The number of likely N-dealkylation sites (tertiary alicyclic amines) is 1. The maximum absolute atomic E-state index is 14.1. The minimum absolute atomic E-state index is 0.0804. The van der Waals surface area contributed by atoms with Crippen LogP contribution in [-0.2, 0) is 10.0 Å². The van der Waals surface area contributed by atoms with Gasteiger partial charge in [0.05, 0.1) is 17.7 Å². The molecule has 0 bridgehead atoms. The molecule has 0 amide bonds. The van der Waals surface area contributed by atoms with E-state index in [0.29, 0.717) is 22.6 Å². The van der Waals surface area contributed by atoms with Crippen molar-refractivity contribution in [1.29, 1.82) is 0 Å². The maximum Gasteiger partial charge on any atom is 0.264 e. The van der Waals surface area contributed by atoms with Crippen LogP contribution in [0.2, 0.25) is 0 Å². The molecule has 196 valence electrons. The Labute approximate surface area is 222 Å². The number of sulfonamides is 1. The van der Waals surface area contributed by atoms with Gasteiger partial charge in [0.15, 0.2) is 0 Å². The average molecular weight is 519 g/mol. The second kappa shape index (κ2) is 11.3. The van der Waals surface area contributed by atoms with Crippen LogP contribution in [0.5, 0.6) is 5.75 Å². The van der Waals surface area contributed by atoms with Gasteiger partial charge in [-0.25, -0.2) is 8.42 Å². The molecule has 1 heterocycles. The molecule has 2 aliphatic rings. The van der Waals surface area contributed by atoms with E-state index in [1.807, 2.05) is 31.2 Å². The SMILES string of the molecule is COc1ccc(S(=O)(=O)N(c2ccccc2C)C2CCN([C@@H]3CCCC[C@@H]3c3ccccc3)CC2)cc1. The first-order chi connectivity index (χ1) is 18.0. The monoisotopic (exact) mass is 518 g/mol. The lowest BCUT2D eigenvalue weighted by Gasteiger charge is -2.45. The lowest BCUT2D eigenvalue weighted by Crippen LogP contribution is -2.51. The van der Waals surface area contributed by atoms with Crippen molar-refractivity contribution in [3.63, 3.8) is 0 Å². The fraction of sp³-hybridized carbons (Fsp3) is 0.419. The summed E-state index contributed by atoms with van der Waals surface area (Å²) in [5.41, 5.74) is 3.19. The zero-order valence-electron chi connectivity index (χ0n) is 21.9. The van der Waals surface area contributed by atoms with E-state index in [1.165, 1.54) is 31.2 Å². The molecule has 3 aromatic carbocycles. The molecule has 6 heteroatoms. The van der Waals surface area contributed by atoms with Gasteiger partial charge in [-0.15, -0.1) is 0 Å². The quantitative estimate of drug-likeness (QED) is 0.364. The lowest BCUT2D eigenvalue weighted by atomic mass is 9.78. The van der Waals surface area contributed by atoms with Crippen molar-refractivity contribution in [2.75, 3.05) is 24.5 Å². The Balaban J connectivity index is 1.40. The first-order valence-electron chi connectivity index (χ1n) is 13.5. The van der Waals surface area contributed by atoms with Gasteiger partial charge in [-0.05, 0) is 80.0 Å². The van der Waals surface area contributed by atoms with Gasteiger partial charge >= 0.3 is 0 Å². The molecular weight excluding hydrogens is 480 g/mol. The number of methoxy groups -OCH3 is 1. The highest BCUT2D eigenvalue weighted by atomic mass is 32.2. The van der Waals surface area contributed by atoms with E-state index in [4.69, 9.17) is 4.74 Å². The number of nitrogens with zero attached hydrogens (tertiary/aromatic N) is 2. The van der Waals surface area contributed by atoms with E-state index >= 15 is 0 Å². The standard InChI is InChI=1S/C31H38N2O3S/c1-24-10-6-8-14-30(24)33(37(34,35)28-18-16-27(36-2)17-19-28)26-20-22-32(23-21-26)31-15-9-7-13-29(31)25-11-4-3-5-12-25/h3-6,8,10-12,14,16-19,26,29,31H,7,9,13,15,20-23H2,1-2H3/t29-,31-/m1/s1. The van der Waals surface area contributed by atoms with Crippen molar-refractivity contribution in [3.8, 4) is 5.75 Å². The number of aryl methyl sites for hydroxylation is 1. The minimum atomic E-state index is -3.74. The number of hydrogen-bond donors (Lipinski definition) is 0. The van der Waals surface area contributed by atoms with Gasteiger partial charge in [-0.3, -0.25) is 9.21 Å². The molecule has 1 aliphatic heterocycles. The third kappa shape index (κ3) is 5.41. The summed E-state index contributed by atoms with van der Waals surface area (Å²) in [4.78, 5) is 2.94. The zero-order valence-corrected chi connectivity index (χ0v) is 22.7. The number of para-hydroxylation sites is 1. The molecular formula is C31H38N2O3S. The predicted molar refractivity (Wildman–Crippen MR) is 150 cm³/mol. The van der Waals surface area contributed by atoms with Crippen molar-refractivity contribution in [1.82, 2.24) is 4.90 Å². The molecule has 0 unspecified atom stereocenters.